The van der Waals surface area contributed by atoms with Crippen LogP contribution in [0.4, 0.5) is 0 Å². The average Bonchev–Trinajstić information content (AvgIpc) is 3.36. The van der Waals surface area contributed by atoms with Crippen LogP contribution in [0.25, 0.3) is 11.1 Å². The molecule has 55 heavy (non-hydrogen) atoms. The van der Waals surface area contributed by atoms with Crippen LogP contribution in [0.1, 0.15) is 96.1 Å². The third-order valence-electron chi connectivity index (χ3n) is 7.87. The Balaban J connectivity index is 0.00000378. The highest BCUT2D eigenvalue weighted by molar-refractivity contribution is 5.95. The fourth-order valence-electron chi connectivity index (χ4n) is 5.21. The second-order valence-electron chi connectivity index (χ2n) is 11.4. The van der Waals surface area contributed by atoms with E-state index in [9.17, 15) is 28.8 Å². The van der Waals surface area contributed by atoms with Gasteiger partial charge in [-0.2, -0.15) is 0 Å². The lowest BCUT2D eigenvalue weighted by Crippen LogP contribution is -2.16. The Kier molecular flexibility index (Phi) is 16.7. The summed E-state index contributed by atoms with van der Waals surface area (Å²) in [6.07, 6.45) is 1.88. The van der Waals surface area contributed by atoms with Crippen molar-refractivity contribution in [3.8, 4) is 22.6 Å². The molecule has 4 aromatic rings. The number of hydrogen-bond donors (Lipinski definition) is 0. The highest BCUT2D eigenvalue weighted by atomic mass is 16.7. The summed E-state index contributed by atoms with van der Waals surface area (Å²) in [5, 5.41) is 0. The van der Waals surface area contributed by atoms with Crippen LogP contribution < -0.4 is 9.47 Å². The molecule has 290 valence electrons. The van der Waals surface area contributed by atoms with Gasteiger partial charge < -0.3 is 28.4 Å². The Morgan fingerprint density at radius 1 is 0.491 bits per heavy atom. The maximum atomic E-state index is 13.0. The van der Waals surface area contributed by atoms with Gasteiger partial charge in [0.05, 0.1) is 22.3 Å². The van der Waals surface area contributed by atoms with E-state index in [2.05, 4.69) is 22.6 Å². The van der Waals surface area contributed by atoms with E-state index < -0.39 is 54.8 Å². The predicted octanol–water partition coefficient (Wildman–Crippen LogP) is 8.66. The number of benzene rings is 4. The first-order valence-corrected chi connectivity index (χ1v) is 15.3. The Hall–Kier alpha value is -6.82. The third kappa shape index (κ3) is 10.6. The molecular formula is C43H46O12. The van der Waals surface area contributed by atoms with Gasteiger partial charge in [0.1, 0.15) is 11.5 Å². The minimum absolute atomic E-state index is 0. The largest absolute Gasteiger partial charge is 0.425 e. The number of ether oxygens (including phenoxy) is 6. The van der Waals surface area contributed by atoms with Gasteiger partial charge in [-0.15, -0.1) is 0 Å². The van der Waals surface area contributed by atoms with Crippen molar-refractivity contribution in [3.05, 3.63) is 144 Å². The van der Waals surface area contributed by atoms with Gasteiger partial charge in [0, 0.05) is 17.6 Å². The summed E-state index contributed by atoms with van der Waals surface area (Å²) in [6.45, 7) is 9.35. The molecule has 0 N–H and O–H groups in total. The summed E-state index contributed by atoms with van der Waals surface area (Å²) in [6, 6.07) is 21.9. The molecule has 0 heterocycles. The summed E-state index contributed by atoms with van der Waals surface area (Å²) in [5.74, 6) is -3.62. The first-order valence-electron chi connectivity index (χ1n) is 15.3. The van der Waals surface area contributed by atoms with Gasteiger partial charge in [-0.05, 0) is 95.1 Å². The third-order valence-corrected chi connectivity index (χ3v) is 7.87. The molecule has 0 radical (unpaired) electrons. The highest BCUT2D eigenvalue weighted by Gasteiger charge is 2.36. The van der Waals surface area contributed by atoms with Gasteiger partial charge in [0.15, 0.2) is 0 Å². The molecule has 0 spiro atoms. The van der Waals surface area contributed by atoms with Gasteiger partial charge in [-0.1, -0.05) is 68.8 Å². The monoisotopic (exact) mass is 754 g/mol. The molecule has 12 heteroatoms. The van der Waals surface area contributed by atoms with Crippen molar-refractivity contribution in [2.75, 3.05) is 13.6 Å². The van der Waals surface area contributed by atoms with Crippen molar-refractivity contribution in [2.45, 2.75) is 49.0 Å². The first kappa shape index (κ1) is 46.2. The summed E-state index contributed by atoms with van der Waals surface area (Å²) in [5.41, 5.74) is 3.76. The van der Waals surface area contributed by atoms with E-state index in [1.54, 1.807) is 24.3 Å². The zero-order chi connectivity index (χ0) is 36.7. The summed E-state index contributed by atoms with van der Waals surface area (Å²) >= 11 is 0. The Labute approximate surface area is 321 Å². The molecule has 1 aliphatic rings. The number of esters is 6. The van der Waals surface area contributed by atoms with Crippen molar-refractivity contribution in [2.24, 2.45) is 0 Å². The van der Waals surface area contributed by atoms with Crippen LogP contribution in [-0.4, -0.2) is 49.4 Å². The molecular weight excluding hydrogens is 708 g/mol. The van der Waals surface area contributed by atoms with Crippen molar-refractivity contribution in [3.63, 3.8) is 0 Å². The van der Waals surface area contributed by atoms with Crippen molar-refractivity contribution < 1.29 is 57.2 Å². The zero-order valence-electron chi connectivity index (χ0n) is 27.5. The van der Waals surface area contributed by atoms with Gasteiger partial charge in [-0.25, -0.2) is 28.8 Å². The second-order valence-corrected chi connectivity index (χ2v) is 11.4. The molecule has 0 aliphatic heterocycles. The molecule has 0 amide bonds. The quantitative estimate of drug-likeness (QED) is 0.0587. The zero-order valence-corrected chi connectivity index (χ0v) is 27.5. The lowest BCUT2D eigenvalue weighted by atomic mass is 9.82. The SMILES string of the molecule is C.C.C.C.C=CC(=O)OCOC(=O)c1ccc(C(=O)Oc2ccc3c(c2)C(C)(C)c2cc(OC(=O)c4ccc(C(=O)OCOC(=O)C=C)cc4)ccc2-3)cc1. The maximum Gasteiger partial charge on any atom is 0.343 e. The van der Waals surface area contributed by atoms with Gasteiger partial charge >= 0.3 is 35.8 Å². The van der Waals surface area contributed by atoms with Crippen molar-refractivity contribution in [1.82, 2.24) is 0 Å². The van der Waals surface area contributed by atoms with E-state index in [1.807, 2.05) is 26.0 Å². The van der Waals surface area contributed by atoms with Gasteiger partial charge in [-0.3, -0.25) is 0 Å². The minimum Gasteiger partial charge on any atom is -0.425 e. The molecule has 4 aromatic carbocycles. The second kappa shape index (κ2) is 19.9. The van der Waals surface area contributed by atoms with E-state index >= 15 is 0 Å². The minimum atomic E-state index is -0.744. The van der Waals surface area contributed by atoms with Crippen molar-refractivity contribution in [1.29, 1.82) is 0 Å². The van der Waals surface area contributed by atoms with Crippen molar-refractivity contribution >= 4 is 35.8 Å². The fourth-order valence-corrected chi connectivity index (χ4v) is 5.21. The highest BCUT2D eigenvalue weighted by Crippen LogP contribution is 2.50. The molecule has 0 atom stereocenters. The molecule has 0 fully saturated rings. The van der Waals surface area contributed by atoms with E-state index in [0.29, 0.717) is 11.5 Å². The number of rotatable bonds is 12. The molecule has 1 aliphatic carbocycles. The van der Waals surface area contributed by atoms with E-state index in [0.717, 1.165) is 34.4 Å². The molecule has 0 aromatic heterocycles. The smallest absolute Gasteiger partial charge is 0.343 e. The lowest BCUT2D eigenvalue weighted by Gasteiger charge is -2.22. The van der Waals surface area contributed by atoms with E-state index in [4.69, 9.17) is 18.9 Å². The average molecular weight is 755 g/mol. The van der Waals surface area contributed by atoms with Crippen LogP contribution in [-0.2, 0) is 34.0 Å². The summed E-state index contributed by atoms with van der Waals surface area (Å²) in [4.78, 5) is 72.4. The summed E-state index contributed by atoms with van der Waals surface area (Å²) in [7, 11) is 0. The molecule has 12 nitrogen and oxygen atoms in total. The first-order chi connectivity index (χ1) is 24.4. The van der Waals surface area contributed by atoms with Crippen LogP contribution in [0, 0.1) is 0 Å². The number of hydrogen-bond acceptors (Lipinski definition) is 12. The van der Waals surface area contributed by atoms with Gasteiger partial charge in [0.2, 0.25) is 13.6 Å². The fraction of sp³-hybridized carbons (Fsp3) is 0.209. The van der Waals surface area contributed by atoms with Crippen LogP contribution in [0.2, 0.25) is 0 Å². The van der Waals surface area contributed by atoms with Crippen LogP contribution in [0.5, 0.6) is 11.5 Å². The molecule has 0 saturated carbocycles. The molecule has 0 saturated heterocycles. The van der Waals surface area contributed by atoms with Crippen LogP contribution in [0.3, 0.4) is 0 Å². The molecule has 0 bridgehead atoms. The molecule has 0 unspecified atom stereocenters. The van der Waals surface area contributed by atoms with Crippen LogP contribution >= 0.6 is 0 Å². The topological polar surface area (TPSA) is 158 Å². The number of carbonyl (C=O) groups excluding carboxylic acids is 6. The summed E-state index contributed by atoms with van der Waals surface area (Å²) < 4.78 is 30.3. The van der Waals surface area contributed by atoms with E-state index in [-0.39, 0.29) is 52.0 Å². The number of fused-ring (bicyclic) bond motifs is 3. The maximum absolute atomic E-state index is 13.0. The Morgan fingerprint density at radius 2 is 0.800 bits per heavy atom. The lowest BCUT2D eigenvalue weighted by molar-refractivity contribution is -0.147. The standard InChI is InChI=1S/C39H30O12.4CH4/c1-5-33(40)46-21-48-35(42)23-7-11-25(12-8-23)37(44)50-27-15-17-29-30-18-16-28(20-32(30)39(3,4)31(29)19-27)51-38(45)26-13-9-24(10-14-26)36(43)49-22-47-34(41)6-2;;;;/h5-20H,1-2,21-22H2,3-4H3;4*1H4. The Bertz CT molecular complexity index is 1910. The van der Waals surface area contributed by atoms with E-state index in [1.165, 1.54) is 48.5 Å². The predicted molar refractivity (Wildman–Crippen MR) is 207 cm³/mol. The normalized spacial score (nSPS) is 11.0. The number of carbonyl (C=O) groups is 6. The van der Waals surface area contributed by atoms with Gasteiger partial charge in [0.25, 0.3) is 0 Å². The molecule has 5 rings (SSSR count). The van der Waals surface area contributed by atoms with Crippen LogP contribution in [0.15, 0.2) is 110 Å². The Morgan fingerprint density at radius 3 is 1.11 bits per heavy atom.